The van der Waals surface area contributed by atoms with Crippen LogP contribution in [0.5, 0.6) is 0 Å². The topological polar surface area (TPSA) is 49.3 Å². The summed E-state index contributed by atoms with van der Waals surface area (Å²) < 4.78 is 0. The molecule has 14 heavy (non-hydrogen) atoms. The fourth-order valence-corrected chi connectivity index (χ4v) is 0.865. The van der Waals surface area contributed by atoms with E-state index in [1.54, 1.807) is 0 Å². The molecule has 0 aromatic heterocycles. The standard InChI is InChI=1S/C9H13N.C2H4O2/c1-2-10-8-9-6-4-3-5-7-9;1-2(3)4/h3-7,10H,2,8H2,1H3;1H3,(H,3,4). The zero-order valence-electron chi connectivity index (χ0n) is 8.66. The van der Waals surface area contributed by atoms with Crippen molar-refractivity contribution < 1.29 is 9.90 Å². The van der Waals surface area contributed by atoms with Gasteiger partial charge in [-0.05, 0) is 12.1 Å². The lowest BCUT2D eigenvalue weighted by Crippen LogP contribution is -2.11. The number of hydrogen-bond donors (Lipinski definition) is 2. The van der Waals surface area contributed by atoms with E-state index in [1.165, 1.54) is 5.56 Å². The molecule has 0 atom stereocenters. The molecule has 1 rings (SSSR count). The Morgan fingerprint density at radius 1 is 1.36 bits per heavy atom. The molecule has 0 aliphatic carbocycles. The van der Waals surface area contributed by atoms with Gasteiger partial charge in [0.1, 0.15) is 0 Å². The minimum Gasteiger partial charge on any atom is -0.481 e. The molecule has 0 aliphatic rings. The maximum absolute atomic E-state index is 9.00. The molecule has 0 saturated heterocycles. The molecule has 0 fully saturated rings. The Kier molecular flexibility index (Phi) is 7.46. The smallest absolute Gasteiger partial charge is 0.300 e. The van der Waals surface area contributed by atoms with Crippen LogP contribution >= 0.6 is 0 Å². The van der Waals surface area contributed by atoms with Crippen molar-refractivity contribution in [1.29, 1.82) is 0 Å². The lowest BCUT2D eigenvalue weighted by molar-refractivity contribution is -0.134. The van der Waals surface area contributed by atoms with E-state index in [9.17, 15) is 0 Å². The van der Waals surface area contributed by atoms with Crippen LogP contribution in [0.15, 0.2) is 30.3 Å². The summed E-state index contributed by atoms with van der Waals surface area (Å²) in [7, 11) is 0. The normalized spacial score (nSPS) is 8.71. The molecule has 0 spiro atoms. The highest BCUT2D eigenvalue weighted by Crippen LogP contribution is 1.96. The van der Waals surface area contributed by atoms with Crippen molar-refractivity contribution >= 4 is 5.97 Å². The quantitative estimate of drug-likeness (QED) is 0.774. The van der Waals surface area contributed by atoms with Gasteiger partial charge >= 0.3 is 0 Å². The molecule has 0 radical (unpaired) electrons. The zero-order valence-corrected chi connectivity index (χ0v) is 8.66. The van der Waals surface area contributed by atoms with E-state index in [0.717, 1.165) is 20.0 Å². The van der Waals surface area contributed by atoms with Crippen LogP contribution in [-0.2, 0) is 11.3 Å². The Bertz CT molecular complexity index is 243. The molecule has 1 aromatic rings. The number of hydrogen-bond acceptors (Lipinski definition) is 2. The monoisotopic (exact) mass is 195 g/mol. The summed E-state index contributed by atoms with van der Waals surface area (Å²) in [6.45, 7) is 5.22. The molecule has 3 heteroatoms. The second kappa shape index (κ2) is 8.26. The fraction of sp³-hybridized carbons (Fsp3) is 0.364. The molecule has 0 heterocycles. The first kappa shape index (κ1) is 12.7. The van der Waals surface area contributed by atoms with Crippen molar-refractivity contribution in [3.8, 4) is 0 Å². The molecule has 0 saturated carbocycles. The van der Waals surface area contributed by atoms with Crippen LogP contribution < -0.4 is 5.32 Å². The van der Waals surface area contributed by atoms with Gasteiger partial charge in [0.15, 0.2) is 0 Å². The van der Waals surface area contributed by atoms with Crippen molar-refractivity contribution in [3.05, 3.63) is 35.9 Å². The molecule has 0 amide bonds. The average Bonchev–Trinajstić information content (AvgIpc) is 2.15. The minimum absolute atomic E-state index is 0.833. The maximum Gasteiger partial charge on any atom is 0.300 e. The third kappa shape index (κ3) is 8.74. The summed E-state index contributed by atoms with van der Waals surface area (Å²) in [4.78, 5) is 9.00. The molecular formula is C11H17NO2. The number of nitrogens with one attached hydrogen (secondary N) is 1. The third-order valence-electron chi connectivity index (χ3n) is 1.42. The minimum atomic E-state index is -0.833. The number of benzene rings is 1. The van der Waals surface area contributed by atoms with Crippen LogP contribution in [0.25, 0.3) is 0 Å². The predicted octanol–water partition coefficient (Wildman–Crippen LogP) is 1.89. The fourth-order valence-electron chi connectivity index (χ4n) is 0.865. The van der Waals surface area contributed by atoms with Gasteiger partial charge in [-0.15, -0.1) is 0 Å². The summed E-state index contributed by atoms with van der Waals surface area (Å²) in [5.41, 5.74) is 1.35. The molecule has 3 nitrogen and oxygen atoms in total. The highest BCUT2D eigenvalue weighted by atomic mass is 16.4. The zero-order chi connectivity index (χ0) is 10.8. The van der Waals surface area contributed by atoms with E-state index >= 15 is 0 Å². The van der Waals surface area contributed by atoms with Gasteiger partial charge in [0.2, 0.25) is 0 Å². The first-order chi connectivity index (χ1) is 6.66. The van der Waals surface area contributed by atoms with Gasteiger partial charge in [-0.3, -0.25) is 4.79 Å². The molecule has 0 bridgehead atoms. The van der Waals surface area contributed by atoms with Gasteiger partial charge < -0.3 is 10.4 Å². The second-order valence-electron chi connectivity index (χ2n) is 2.78. The lowest BCUT2D eigenvalue weighted by atomic mass is 10.2. The first-order valence-electron chi connectivity index (χ1n) is 4.61. The van der Waals surface area contributed by atoms with E-state index < -0.39 is 5.97 Å². The van der Waals surface area contributed by atoms with Crippen molar-refractivity contribution in [2.24, 2.45) is 0 Å². The summed E-state index contributed by atoms with van der Waals surface area (Å²) in [6, 6.07) is 10.4. The van der Waals surface area contributed by atoms with Crippen LogP contribution in [-0.4, -0.2) is 17.6 Å². The molecule has 2 N–H and O–H groups in total. The number of carboxylic acids is 1. The largest absolute Gasteiger partial charge is 0.481 e. The van der Waals surface area contributed by atoms with Gasteiger partial charge in [0.25, 0.3) is 5.97 Å². The Morgan fingerprint density at radius 3 is 2.29 bits per heavy atom. The van der Waals surface area contributed by atoms with Crippen LogP contribution in [0.3, 0.4) is 0 Å². The highest BCUT2D eigenvalue weighted by molar-refractivity contribution is 5.62. The van der Waals surface area contributed by atoms with E-state index in [1.807, 2.05) is 6.07 Å². The highest BCUT2D eigenvalue weighted by Gasteiger charge is 1.85. The average molecular weight is 195 g/mol. The first-order valence-corrected chi connectivity index (χ1v) is 4.61. The van der Waals surface area contributed by atoms with Gasteiger partial charge in [-0.1, -0.05) is 37.3 Å². The van der Waals surface area contributed by atoms with Gasteiger partial charge in [-0.2, -0.15) is 0 Å². The molecule has 78 valence electrons. The Balaban J connectivity index is 0.000000364. The maximum atomic E-state index is 9.00. The van der Waals surface area contributed by atoms with Gasteiger partial charge in [-0.25, -0.2) is 0 Å². The molecular weight excluding hydrogens is 178 g/mol. The SMILES string of the molecule is CC(=O)O.CCNCc1ccccc1. The summed E-state index contributed by atoms with van der Waals surface area (Å²) in [5.74, 6) is -0.833. The summed E-state index contributed by atoms with van der Waals surface area (Å²) in [6.07, 6.45) is 0. The van der Waals surface area contributed by atoms with E-state index in [0.29, 0.717) is 0 Å². The number of carboxylic acid groups (broad SMARTS) is 1. The van der Waals surface area contributed by atoms with Crippen LogP contribution in [0.2, 0.25) is 0 Å². The number of aliphatic carboxylic acids is 1. The van der Waals surface area contributed by atoms with E-state index in [4.69, 9.17) is 9.90 Å². The summed E-state index contributed by atoms with van der Waals surface area (Å²) >= 11 is 0. The predicted molar refractivity (Wildman–Crippen MR) is 57.1 cm³/mol. The molecule has 0 aliphatic heterocycles. The Labute approximate surface area is 84.8 Å². The molecule has 1 aromatic carbocycles. The second-order valence-corrected chi connectivity index (χ2v) is 2.78. The Hall–Kier alpha value is -1.35. The van der Waals surface area contributed by atoms with Crippen molar-refractivity contribution in [2.45, 2.75) is 20.4 Å². The number of rotatable bonds is 3. The number of carbonyl (C=O) groups is 1. The van der Waals surface area contributed by atoms with Crippen molar-refractivity contribution in [1.82, 2.24) is 5.32 Å². The van der Waals surface area contributed by atoms with Gasteiger partial charge in [0, 0.05) is 13.5 Å². The van der Waals surface area contributed by atoms with Crippen LogP contribution in [0.1, 0.15) is 19.4 Å². The van der Waals surface area contributed by atoms with Crippen LogP contribution in [0.4, 0.5) is 0 Å². The van der Waals surface area contributed by atoms with E-state index in [-0.39, 0.29) is 0 Å². The van der Waals surface area contributed by atoms with Crippen molar-refractivity contribution in [2.75, 3.05) is 6.54 Å². The third-order valence-corrected chi connectivity index (χ3v) is 1.42. The van der Waals surface area contributed by atoms with Crippen molar-refractivity contribution in [3.63, 3.8) is 0 Å². The van der Waals surface area contributed by atoms with Gasteiger partial charge in [0.05, 0.1) is 0 Å². The molecule has 0 unspecified atom stereocenters. The Morgan fingerprint density at radius 2 is 1.86 bits per heavy atom. The van der Waals surface area contributed by atoms with E-state index in [2.05, 4.69) is 36.5 Å². The van der Waals surface area contributed by atoms with Crippen LogP contribution in [0, 0.1) is 0 Å². The summed E-state index contributed by atoms with van der Waals surface area (Å²) in [5, 5.41) is 10.7. The lowest BCUT2D eigenvalue weighted by Gasteiger charge is -1.99.